The van der Waals surface area contributed by atoms with E-state index in [2.05, 4.69) is 11.1 Å². The van der Waals surface area contributed by atoms with Crippen LogP contribution in [0.25, 0.3) is 10.2 Å². The Morgan fingerprint density at radius 1 is 1.26 bits per heavy atom. The first kappa shape index (κ1) is 18.9. The van der Waals surface area contributed by atoms with Crippen molar-refractivity contribution in [1.82, 2.24) is 4.57 Å². The van der Waals surface area contributed by atoms with Crippen LogP contribution in [0.4, 0.5) is 5.69 Å². The van der Waals surface area contributed by atoms with Gasteiger partial charge in [-0.1, -0.05) is 17.4 Å². The Morgan fingerprint density at radius 2 is 2.00 bits per heavy atom. The van der Waals surface area contributed by atoms with Gasteiger partial charge >= 0.3 is 0 Å². The molecule has 0 bridgehead atoms. The van der Waals surface area contributed by atoms with Crippen molar-refractivity contribution in [2.24, 2.45) is 4.99 Å². The van der Waals surface area contributed by atoms with Crippen molar-refractivity contribution >= 4 is 33.1 Å². The third-order valence-corrected chi connectivity index (χ3v) is 5.07. The molecule has 0 aliphatic carbocycles. The quantitative estimate of drug-likeness (QED) is 0.368. The van der Waals surface area contributed by atoms with Gasteiger partial charge in [0.2, 0.25) is 0 Å². The number of benzene rings is 2. The van der Waals surface area contributed by atoms with E-state index in [1.165, 1.54) is 35.6 Å². The molecule has 1 aromatic heterocycles. The average Bonchev–Trinajstić information content (AvgIpc) is 2.98. The number of thiazole rings is 1. The normalized spacial score (nSPS) is 11.9. The maximum absolute atomic E-state index is 12.5. The van der Waals surface area contributed by atoms with Crippen LogP contribution in [0.3, 0.4) is 0 Å². The van der Waals surface area contributed by atoms with Crippen molar-refractivity contribution in [3.8, 4) is 0 Å². The number of nitrogens with zero attached hydrogens (tertiary/aromatic N) is 3. The lowest BCUT2D eigenvalue weighted by Gasteiger charge is -2.05. The highest BCUT2D eigenvalue weighted by atomic mass is 32.1. The minimum absolute atomic E-state index is 0.0596. The lowest BCUT2D eigenvalue weighted by atomic mass is 10.2. The van der Waals surface area contributed by atoms with Crippen LogP contribution >= 0.6 is 11.3 Å². The molecule has 3 aromatic rings. The number of ether oxygens (including phenoxy) is 1. The molecule has 140 valence electrons. The van der Waals surface area contributed by atoms with Gasteiger partial charge in [-0.15, -0.1) is 0 Å². The third kappa shape index (κ3) is 4.29. The molecule has 0 radical (unpaired) electrons. The van der Waals surface area contributed by atoms with Gasteiger partial charge in [-0.3, -0.25) is 14.9 Å². The van der Waals surface area contributed by atoms with Crippen molar-refractivity contribution in [1.29, 1.82) is 0 Å². The van der Waals surface area contributed by atoms with E-state index in [0.29, 0.717) is 30.1 Å². The maximum atomic E-state index is 12.5. The van der Waals surface area contributed by atoms with Gasteiger partial charge in [0.15, 0.2) is 4.80 Å². The summed E-state index contributed by atoms with van der Waals surface area (Å²) >= 11 is 1.44. The average molecular weight is 385 g/mol. The summed E-state index contributed by atoms with van der Waals surface area (Å²) in [6.07, 6.45) is 0. The molecular formula is C19H19N3O4S. The van der Waals surface area contributed by atoms with Crippen LogP contribution in [0.5, 0.6) is 0 Å². The summed E-state index contributed by atoms with van der Waals surface area (Å²) < 4.78 is 8.47. The number of fused-ring (bicyclic) bond motifs is 1. The number of nitro groups is 1. The van der Waals surface area contributed by atoms with Crippen molar-refractivity contribution in [2.75, 3.05) is 13.2 Å². The first-order chi connectivity index (χ1) is 13.0. The number of amides is 1. The van der Waals surface area contributed by atoms with Crippen molar-refractivity contribution in [3.05, 3.63) is 68.5 Å². The van der Waals surface area contributed by atoms with Crippen LogP contribution in [0.2, 0.25) is 0 Å². The summed E-state index contributed by atoms with van der Waals surface area (Å²) in [4.78, 5) is 27.7. The number of hydrogen-bond donors (Lipinski definition) is 0. The summed E-state index contributed by atoms with van der Waals surface area (Å²) in [6.45, 7) is 5.68. The minimum Gasteiger partial charge on any atom is -0.380 e. The van der Waals surface area contributed by atoms with E-state index in [4.69, 9.17) is 4.74 Å². The molecule has 0 aliphatic rings. The van der Waals surface area contributed by atoms with Gasteiger partial charge in [0.25, 0.3) is 11.6 Å². The number of nitro benzene ring substituents is 1. The molecule has 0 unspecified atom stereocenters. The zero-order valence-electron chi connectivity index (χ0n) is 15.0. The van der Waals surface area contributed by atoms with E-state index in [-0.39, 0.29) is 5.69 Å². The Labute approximate surface area is 159 Å². The standard InChI is InChI=1S/C19H19N3O4S/c1-3-26-11-10-21-16-9-4-13(2)12-17(16)27-19(21)20-18(23)14-5-7-15(8-6-14)22(24)25/h4-9,12H,3,10-11H2,1-2H3. The monoisotopic (exact) mass is 385 g/mol. The van der Waals surface area contributed by atoms with Crippen LogP contribution in [-0.2, 0) is 11.3 Å². The van der Waals surface area contributed by atoms with E-state index in [1.54, 1.807) is 0 Å². The van der Waals surface area contributed by atoms with Crippen LogP contribution in [0.1, 0.15) is 22.8 Å². The van der Waals surface area contributed by atoms with Gasteiger partial charge in [-0.05, 0) is 43.7 Å². The number of aryl methyl sites for hydroxylation is 1. The highest BCUT2D eigenvalue weighted by molar-refractivity contribution is 7.16. The minimum atomic E-state index is -0.499. The molecule has 0 fully saturated rings. The second-order valence-electron chi connectivity index (χ2n) is 5.93. The smallest absolute Gasteiger partial charge is 0.279 e. The molecular weight excluding hydrogens is 366 g/mol. The molecule has 0 aliphatic heterocycles. The van der Waals surface area contributed by atoms with E-state index in [0.717, 1.165) is 15.8 Å². The Hall–Kier alpha value is -2.84. The Balaban J connectivity index is 2.01. The molecule has 3 rings (SSSR count). The zero-order chi connectivity index (χ0) is 19.4. The van der Waals surface area contributed by atoms with Gasteiger partial charge < -0.3 is 9.30 Å². The lowest BCUT2D eigenvalue weighted by Crippen LogP contribution is -2.19. The number of aromatic nitrogens is 1. The van der Waals surface area contributed by atoms with Crippen molar-refractivity contribution in [3.63, 3.8) is 0 Å². The molecule has 1 heterocycles. The first-order valence-corrected chi connectivity index (χ1v) is 9.32. The van der Waals surface area contributed by atoms with E-state index in [9.17, 15) is 14.9 Å². The van der Waals surface area contributed by atoms with E-state index >= 15 is 0 Å². The maximum Gasteiger partial charge on any atom is 0.279 e. The van der Waals surface area contributed by atoms with Gasteiger partial charge in [0.1, 0.15) is 0 Å². The van der Waals surface area contributed by atoms with Gasteiger partial charge in [0.05, 0.1) is 21.7 Å². The highest BCUT2D eigenvalue weighted by Crippen LogP contribution is 2.19. The van der Waals surface area contributed by atoms with Crippen LogP contribution in [0, 0.1) is 17.0 Å². The number of hydrogen-bond acceptors (Lipinski definition) is 5. The predicted octanol–water partition coefficient (Wildman–Crippen LogP) is 3.70. The highest BCUT2D eigenvalue weighted by Gasteiger charge is 2.11. The molecule has 8 heteroatoms. The fourth-order valence-electron chi connectivity index (χ4n) is 2.66. The van der Waals surface area contributed by atoms with Gasteiger partial charge in [0, 0.05) is 30.8 Å². The van der Waals surface area contributed by atoms with Crippen LogP contribution < -0.4 is 4.80 Å². The Kier molecular flexibility index (Phi) is 5.78. The molecule has 27 heavy (non-hydrogen) atoms. The second-order valence-corrected chi connectivity index (χ2v) is 6.93. The molecule has 0 N–H and O–H groups in total. The summed E-state index contributed by atoms with van der Waals surface area (Å²) in [5.74, 6) is -0.432. The molecule has 2 aromatic carbocycles. The third-order valence-electron chi connectivity index (χ3n) is 4.02. The summed E-state index contributed by atoms with van der Waals surface area (Å²) in [5.41, 5.74) is 2.38. The van der Waals surface area contributed by atoms with Crippen molar-refractivity contribution < 1.29 is 14.5 Å². The first-order valence-electron chi connectivity index (χ1n) is 8.51. The predicted molar refractivity (Wildman–Crippen MR) is 104 cm³/mol. The topological polar surface area (TPSA) is 86.7 Å². The van der Waals surface area contributed by atoms with Gasteiger partial charge in [-0.2, -0.15) is 4.99 Å². The fraction of sp³-hybridized carbons (Fsp3) is 0.263. The van der Waals surface area contributed by atoms with E-state index in [1.807, 2.05) is 30.5 Å². The molecule has 0 saturated heterocycles. The number of rotatable bonds is 6. The fourth-order valence-corrected chi connectivity index (χ4v) is 3.81. The molecule has 7 nitrogen and oxygen atoms in total. The Morgan fingerprint density at radius 3 is 2.67 bits per heavy atom. The summed E-state index contributed by atoms with van der Waals surface area (Å²) in [5, 5.41) is 10.8. The largest absolute Gasteiger partial charge is 0.380 e. The lowest BCUT2D eigenvalue weighted by molar-refractivity contribution is -0.384. The molecule has 1 amide bonds. The number of carbonyl (C=O) groups is 1. The van der Waals surface area contributed by atoms with Crippen molar-refractivity contribution in [2.45, 2.75) is 20.4 Å². The Bertz CT molecular complexity index is 1050. The second kappa shape index (κ2) is 8.24. The number of non-ortho nitro benzene ring substituents is 1. The summed E-state index contributed by atoms with van der Waals surface area (Å²) in [6, 6.07) is 11.6. The zero-order valence-corrected chi connectivity index (χ0v) is 15.9. The van der Waals surface area contributed by atoms with Gasteiger partial charge in [-0.25, -0.2) is 0 Å². The number of carbonyl (C=O) groups excluding carboxylic acids is 1. The molecule has 0 atom stereocenters. The van der Waals surface area contributed by atoms with Crippen LogP contribution in [-0.4, -0.2) is 28.6 Å². The van der Waals surface area contributed by atoms with E-state index < -0.39 is 10.8 Å². The summed E-state index contributed by atoms with van der Waals surface area (Å²) in [7, 11) is 0. The van der Waals surface area contributed by atoms with Crippen LogP contribution in [0.15, 0.2) is 47.5 Å². The molecule has 0 spiro atoms. The SMILES string of the molecule is CCOCCn1c(=NC(=O)c2ccc([N+](=O)[O-])cc2)sc2cc(C)ccc21. The molecule has 0 saturated carbocycles.